The highest BCUT2D eigenvalue weighted by Gasteiger charge is 2.33. The Kier molecular flexibility index (Phi) is 10.2. The molecule has 8 nitrogen and oxygen atoms in total. The monoisotopic (exact) mass is 537 g/mol. The number of ether oxygens (including phenoxy) is 1. The van der Waals surface area contributed by atoms with Crippen molar-refractivity contribution >= 4 is 39.1 Å². The van der Waals surface area contributed by atoms with E-state index < -0.39 is 34.1 Å². The summed E-state index contributed by atoms with van der Waals surface area (Å²) in [4.78, 5) is 28.3. The summed E-state index contributed by atoms with van der Waals surface area (Å²) < 4.78 is 31.8. The zero-order valence-electron chi connectivity index (χ0n) is 21.7. The second-order valence-corrected chi connectivity index (χ2v) is 11.9. The lowest BCUT2D eigenvalue weighted by atomic mass is 10.1. The number of halogens is 1. The SMILES string of the molecule is CCOc1ccc(N(CC(=O)N(Cc2ccc(Cl)cc2)[C@H](CC)C(=O)NC(C)(C)C)S(C)(=O)=O)cc1. The second-order valence-electron chi connectivity index (χ2n) is 9.51. The fraction of sp³-hybridized carbons (Fsp3) is 0.462. The molecule has 0 unspecified atom stereocenters. The number of anilines is 1. The third kappa shape index (κ3) is 8.71. The smallest absolute Gasteiger partial charge is 0.244 e. The molecule has 0 heterocycles. The number of hydrogen-bond donors (Lipinski definition) is 1. The van der Waals surface area contributed by atoms with Gasteiger partial charge in [-0.25, -0.2) is 8.42 Å². The first-order chi connectivity index (χ1) is 16.7. The lowest BCUT2D eigenvalue weighted by Gasteiger charge is -2.34. The van der Waals surface area contributed by atoms with Crippen molar-refractivity contribution in [2.75, 3.05) is 23.7 Å². The van der Waals surface area contributed by atoms with Crippen LogP contribution in [0.1, 0.15) is 46.6 Å². The maximum absolute atomic E-state index is 13.7. The van der Waals surface area contributed by atoms with E-state index in [4.69, 9.17) is 16.3 Å². The first-order valence-corrected chi connectivity index (χ1v) is 14.0. The van der Waals surface area contributed by atoms with E-state index in [9.17, 15) is 18.0 Å². The lowest BCUT2D eigenvalue weighted by Crippen LogP contribution is -2.55. The molecule has 2 aromatic carbocycles. The Hall–Kier alpha value is -2.78. The predicted molar refractivity (Wildman–Crippen MR) is 144 cm³/mol. The van der Waals surface area contributed by atoms with E-state index in [-0.39, 0.29) is 12.5 Å². The van der Waals surface area contributed by atoms with Crippen molar-refractivity contribution in [1.82, 2.24) is 10.2 Å². The summed E-state index contributed by atoms with van der Waals surface area (Å²) in [7, 11) is -3.80. The van der Waals surface area contributed by atoms with Gasteiger partial charge in [-0.3, -0.25) is 13.9 Å². The summed E-state index contributed by atoms with van der Waals surface area (Å²) >= 11 is 6.01. The van der Waals surface area contributed by atoms with Crippen LogP contribution in [0.2, 0.25) is 5.02 Å². The second kappa shape index (κ2) is 12.5. The van der Waals surface area contributed by atoms with Crippen LogP contribution in [0, 0.1) is 0 Å². The standard InChI is InChI=1S/C26H36ClN3O5S/c1-7-23(25(32)28-26(3,4)5)29(17-19-9-11-20(27)12-10-19)24(31)18-30(36(6,33)34)21-13-15-22(16-14-21)35-8-2/h9-16,23H,7-8,17-18H2,1-6H3,(H,28,32)/t23-/m1/s1. The fourth-order valence-corrected chi connectivity index (χ4v) is 4.62. The molecule has 0 fully saturated rings. The normalized spacial score (nSPS) is 12.5. The van der Waals surface area contributed by atoms with Gasteiger partial charge in [0.15, 0.2) is 0 Å². The minimum atomic E-state index is -3.80. The summed E-state index contributed by atoms with van der Waals surface area (Å²) in [5.41, 5.74) is 0.593. The van der Waals surface area contributed by atoms with Gasteiger partial charge in [0.25, 0.3) is 0 Å². The first kappa shape index (κ1) is 29.5. The molecule has 0 bridgehead atoms. The number of amides is 2. The molecular weight excluding hydrogens is 502 g/mol. The average molecular weight is 538 g/mol. The molecule has 2 aromatic rings. The maximum Gasteiger partial charge on any atom is 0.244 e. The van der Waals surface area contributed by atoms with Crippen molar-refractivity contribution < 1.29 is 22.7 Å². The predicted octanol–water partition coefficient (Wildman–Crippen LogP) is 4.23. The van der Waals surface area contributed by atoms with Gasteiger partial charge in [0, 0.05) is 17.1 Å². The highest BCUT2D eigenvalue weighted by molar-refractivity contribution is 7.92. The van der Waals surface area contributed by atoms with Crippen LogP contribution in [-0.4, -0.2) is 56.1 Å². The van der Waals surface area contributed by atoms with Crippen molar-refractivity contribution in [3.8, 4) is 5.75 Å². The van der Waals surface area contributed by atoms with Gasteiger partial charge < -0.3 is 15.0 Å². The largest absolute Gasteiger partial charge is 0.494 e. The minimum absolute atomic E-state index is 0.118. The molecule has 198 valence electrons. The molecule has 0 aliphatic heterocycles. The molecule has 0 aliphatic carbocycles. The minimum Gasteiger partial charge on any atom is -0.494 e. The zero-order chi connectivity index (χ0) is 27.1. The molecule has 0 saturated carbocycles. The molecule has 1 atom stereocenters. The number of hydrogen-bond acceptors (Lipinski definition) is 5. The van der Waals surface area contributed by atoms with Crippen LogP contribution in [0.25, 0.3) is 0 Å². The topological polar surface area (TPSA) is 96.0 Å². The molecule has 10 heteroatoms. The number of rotatable bonds is 11. The third-order valence-corrected chi connectivity index (χ3v) is 6.66. The molecule has 2 amide bonds. The van der Waals surface area contributed by atoms with Crippen molar-refractivity contribution in [3.05, 3.63) is 59.1 Å². The number of nitrogens with zero attached hydrogens (tertiary/aromatic N) is 2. The van der Waals surface area contributed by atoms with Crippen LogP contribution in [-0.2, 0) is 26.2 Å². The van der Waals surface area contributed by atoms with Gasteiger partial charge >= 0.3 is 0 Å². The van der Waals surface area contributed by atoms with E-state index in [0.717, 1.165) is 16.1 Å². The number of nitrogens with one attached hydrogen (secondary N) is 1. The summed E-state index contributed by atoms with van der Waals surface area (Å²) in [5.74, 6) is -0.213. The van der Waals surface area contributed by atoms with Crippen LogP contribution in [0.4, 0.5) is 5.69 Å². The Balaban J connectivity index is 2.42. The molecule has 0 aromatic heterocycles. The molecule has 0 spiro atoms. The summed E-state index contributed by atoms with van der Waals surface area (Å²) in [5, 5.41) is 3.48. The highest BCUT2D eigenvalue weighted by Crippen LogP contribution is 2.23. The highest BCUT2D eigenvalue weighted by atomic mass is 35.5. The Morgan fingerprint density at radius 2 is 1.61 bits per heavy atom. The molecule has 36 heavy (non-hydrogen) atoms. The Morgan fingerprint density at radius 1 is 1.03 bits per heavy atom. The van der Waals surface area contributed by atoms with Crippen molar-refractivity contribution in [2.24, 2.45) is 0 Å². The van der Waals surface area contributed by atoms with Crippen LogP contribution in [0.3, 0.4) is 0 Å². The zero-order valence-corrected chi connectivity index (χ0v) is 23.3. The van der Waals surface area contributed by atoms with E-state index in [1.54, 1.807) is 48.5 Å². The number of carbonyl (C=O) groups is 2. The van der Waals surface area contributed by atoms with Crippen LogP contribution >= 0.6 is 11.6 Å². The molecule has 0 aliphatic rings. The third-order valence-electron chi connectivity index (χ3n) is 5.27. The van der Waals surface area contributed by atoms with E-state index in [0.29, 0.717) is 29.5 Å². The summed E-state index contributed by atoms with van der Waals surface area (Å²) in [6, 6.07) is 12.6. The number of sulfonamides is 1. The number of benzene rings is 2. The fourth-order valence-electron chi connectivity index (χ4n) is 3.65. The summed E-state index contributed by atoms with van der Waals surface area (Å²) in [6.45, 7) is 9.39. The maximum atomic E-state index is 13.7. The Bertz CT molecular complexity index is 1130. The van der Waals surface area contributed by atoms with E-state index in [2.05, 4.69) is 5.32 Å². The van der Waals surface area contributed by atoms with Crippen LogP contribution in [0.5, 0.6) is 5.75 Å². The molecule has 0 saturated heterocycles. The van der Waals surface area contributed by atoms with Crippen molar-refractivity contribution in [2.45, 2.75) is 59.2 Å². The van der Waals surface area contributed by atoms with E-state index >= 15 is 0 Å². The van der Waals surface area contributed by atoms with Gasteiger partial charge in [-0.1, -0.05) is 30.7 Å². The number of carbonyl (C=O) groups excluding carboxylic acids is 2. The van der Waals surface area contributed by atoms with Crippen LogP contribution < -0.4 is 14.4 Å². The van der Waals surface area contributed by atoms with Gasteiger partial charge in [0.05, 0.1) is 18.6 Å². The Labute approximate surface area is 219 Å². The van der Waals surface area contributed by atoms with Crippen LogP contribution in [0.15, 0.2) is 48.5 Å². The quantitative estimate of drug-likeness (QED) is 0.463. The van der Waals surface area contributed by atoms with Gasteiger partial charge in [-0.05, 0) is 76.1 Å². The van der Waals surface area contributed by atoms with Gasteiger partial charge in [-0.2, -0.15) is 0 Å². The van der Waals surface area contributed by atoms with Crippen molar-refractivity contribution in [3.63, 3.8) is 0 Å². The molecular formula is C26H36ClN3O5S. The van der Waals surface area contributed by atoms with E-state index in [1.165, 1.54) is 4.90 Å². The van der Waals surface area contributed by atoms with Gasteiger partial charge in [-0.15, -0.1) is 0 Å². The van der Waals surface area contributed by atoms with Gasteiger partial charge in [0.2, 0.25) is 21.8 Å². The molecule has 0 radical (unpaired) electrons. The van der Waals surface area contributed by atoms with Gasteiger partial charge in [0.1, 0.15) is 18.3 Å². The van der Waals surface area contributed by atoms with Crippen molar-refractivity contribution in [1.29, 1.82) is 0 Å². The first-order valence-electron chi connectivity index (χ1n) is 11.8. The van der Waals surface area contributed by atoms with E-state index in [1.807, 2.05) is 34.6 Å². The summed E-state index contributed by atoms with van der Waals surface area (Å²) in [6.07, 6.45) is 1.40. The average Bonchev–Trinajstić information content (AvgIpc) is 2.77. The molecule has 1 N–H and O–H groups in total. The molecule has 2 rings (SSSR count). The Morgan fingerprint density at radius 3 is 2.08 bits per heavy atom. The lowest BCUT2D eigenvalue weighted by molar-refractivity contribution is -0.141.